The van der Waals surface area contributed by atoms with Crippen molar-refractivity contribution in [2.24, 2.45) is 16.8 Å². The van der Waals surface area contributed by atoms with Crippen molar-refractivity contribution in [1.82, 2.24) is 49.5 Å². The number of aryl methyl sites for hydroxylation is 1. The van der Waals surface area contributed by atoms with Crippen molar-refractivity contribution >= 4 is 34.2 Å². The molecule has 61 heavy (non-hydrogen) atoms. The second-order valence-electron chi connectivity index (χ2n) is 17.9. The van der Waals surface area contributed by atoms with Crippen LogP contribution in [0.3, 0.4) is 0 Å². The molecule has 0 radical (unpaired) electrons. The number of carbonyl (C=O) groups excluding carboxylic acids is 2. The molecule has 6 aliphatic heterocycles. The summed E-state index contributed by atoms with van der Waals surface area (Å²) in [5.41, 5.74) is 3.83. The van der Waals surface area contributed by atoms with Gasteiger partial charge in [0.1, 0.15) is 17.6 Å². The maximum Gasteiger partial charge on any atom is 0.284 e. The van der Waals surface area contributed by atoms with E-state index in [1.165, 1.54) is 0 Å². The van der Waals surface area contributed by atoms with Crippen molar-refractivity contribution in [3.05, 3.63) is 72.3 Å². The molecule has 1 N–H and O–H groups in total. The van der Waals surface area contributed by atoms with Crippen LogP contribution in [-0.4, -0.2) is 113 Å². The Morgan fingerprint density at radius 2 is 1.84 bits per heavy atom. The van der Waals surface area contributed by atoms with E-state index in [4.69, 9.17) is 21.3 Å². The fourth-order valence-corrected chi connectivity index (χ4v) is 10.9. The van der Waals surface area contributed by atoms with Crippen LogP contribution in [0.1, 0.15) is 89.1 Å². The van der Waals surface area contributed by atoms with Gasteiger partial charge in [-0.25, -0.2) is 18.8 Å². The summed E-state index contributed by atoms with van der Waals surface area (Å²) in [7, 11) is 0. The molecule has 11 rings (SSSR count). The number of hydrogen-bond acceptors (Lipinski definition) is 11. The van der Waals surface area contributed by atoms with Crippen LogP contribution in [0.5, 0.6) is 0 Å². The first-order chi connectivity index (χ1) is 30.1. The number of fused-ring (bicyclic) bond motifs is 4. The van der Waals surface area contributed by atoms with E-state index in [2.05, 4.69) is 37.2 Å². The molecular formula is C44H52F2N12O3. The first kappa shape index (κ1) is 37.4. The highest BCUT2D eigenvalue weighted by molar-refractivity contribution is 6.01. The van der Waals surface area contributed by atoms with Crippen LogP contribution in [0.15, 0.2) is 65.9 Å². The first-order valence-corrected chi connectivity index (χ1v) is 22.0. The summed E-state index contributed by atoms with van der Waals surface area (Å²) in [4.78, 5) is 34.1. The van der Waals surface area contributed by atoms with E-state index in [9.17, 15) is 18.4 Å². The number of benzene rings is 1. The highest BCUT2D eigenvalue weighted by atomic mass is 19.3. The number of nitrogens with zero attached hydrogens (tertiary/aromatic N) is 11. The molecule has 4 aromatic rings. The SMILES string of the molecule is [2H]C1=C2N=C(N3C[C@H]4C[C@@H]3CO4)C=CN2N(c2cn(C3CCC(CN4CCC(Cn5cc(-c6cccc7c6c(C)nn7C6CCC(=O)NC6=O)cn5)CC4)CC3)nc2C(F)F)C1. The van der Waals surface area contributed by atoms with Gasteiger partial charge in [0.25, 0.3) is 12.3 Å². The van der Waals surface area contributed by atoms with Gasteiger partial charge in [-0.2, -0.15) is 15.3 Å². The number of aromatic nitrogens is 6. The monoisotopic (exact) mass is 835 g/mol. The molecule has 5 fully saturated rings. The van der Waals surface area contributed by atoms with Gasteiger partial charge in [0.2, 0.25) is 5.91 Å². The third-order valence-corrected chi connectivity index (χ3v) is 14.1. The second-order valence-corrected chi connectivity index (χ2v) is 17.9. The summed E-state index contributed by atoms with van der Waals surface area (Å²) in [6, 6.07) is 6.16. The molecule has 4 saturated heterocycles. The Hall–Kier alpha value is -5.42. The molecule has 1 unspecified atom stereocenters. The standard InChI is InChI=1S/C44H52F2N12O3/c1-27-41-34(3-2-4-35(41)58(50-27)36-9-10-40(59)49-44(36)60)30-20-47-53(23-30)22-29-11-15-52(16-12-29)21-28-5-7-31(8-6-28)55-25-37(42(51-55)43(45)46)56-17-14-39-48-38(13-18-57(39)56)54-24-33-19-32(54)26-61-33/h2-4,13-14,18,20,23,25,28-29,31-33,36,43H,5-12,15-17,19,21-22,24,26H2,1H3,(H,49,59,60)/t28?,31?,32-,33-,36?/m1/s1/i14D. The molecule has 9 heterocycles. The van der Waals surface area contributed by atoms with Gasteiger partial charge in [0.05, 0.1) is 56.3 Å². The number of likely N-dealkylation sites (tertiary alicyclic amines) is 2. The number of hydrogen-bond donors (Lipinski definition) is 1. The van der Waals surface area contributed by atoms with Crippen LogP contribution in [0.2, 0.25) is 0 Å². The van der Waals surface area contributed by atoms with Crippen molar-refractivity contribution in [2.75, 3.05) is 44.3 Å². The minimum atomic E-state index is -2.74. The normalized spacial score (nSPS) is 27.5. The van der Waals surface area contributed by atoms with Gasteiger partial charge in [-0.15, -0.1) is 0 Å². The molecule has 3 aromatic heterocycles. The number of halogens is 2. The zero-order valence-corrected chi connectivity index (χ0v) is 34.4. The molecule has 7 aliphatic rings. The van der Waals surface area contributed by atoms with E-state index >= 15 is 0 Å². The highest BCUT2D eigenvalue weighted by Gasteiger charge is 2.42. The molecule has 320 valence electrons. The molecule has 1 saturated carbocycles. The van der Waals surface area contributed by atoms with Crippen LogP contribution >= 0.6 is 0 Å². The number of rotatable bonds is 9. The maximum absolute atomic E-state index is 14.5. The van der Waals surface area contributed by atoms with Crippen molar-refractivity contribution in [1.29, 1.82) is 0 Å². The Bertz CT molecular complexity index is 2490. The predicted octanol–water partition coefficient (Wildman–Crippen LogP) is 5.74. The Balaban J connectivity index is 0.676. The number of ether oxygens (including phenoxy) is 1. The van der Waals surface area contributed by atoms with Crippen LogP contribution in [0, 0.1) is 18.8 Å². The second kappa shape index (κ2) is 15.5. The van der Waals surface area contributed by atoms with Gasteiger partial charge in [-0.1, -0.05) is 12.1 Å². The molecule has 2 amide bonds. The van der Waals surface area contributed by atoms with Crippen LogP contribution in [0.4, 0.5) is 14.5 Å². The van der Waals surface area contributed by atoms with Gasteiger partial charge in [0.15, 0.2) is 11.5 Å². The average Bonchev–Trinajstić information content (AvgIpc) is 4.15. The summed E-state index contributed by atoms with van der Waals surface area (Å²) in [5, 5.41) is 20.9. The van der Waals surface area contributed by atoms with E-state index in [0.29, 0.717) is 48.8 Å². The molecule has 1 aromatic carbocycles. The number of morpholine rings is 1. The minimum Gasteiger partial charge on any atom is -0.374 e. The fraction of sp³-hybridized carbons (Fsp3) is 0.545. The Morgan fingerprint density at radius 1 is 1.00 bits per heavy atom. The van der Waals surface area contributed by atoms with Crippen molar-refractivity contribution in [3.8, 4) is 11.1 Å². The quantitative estimate of drug-likeness (QED) is 0.208. The lowest BCUT2D eigenvalue weighted by atomic mass is 9.85. The molecule has 17 heteroatoms. The zero-order valence-electron chi connectivity index (χ0n) is 35.4. The molecule has 3 atom stereocenters. The topological polar surface area (TPSA) is 134 Å². The van der Waals surface area contributed by atoms with Crippen LogP contribution in [-0.2, 0) is 20.9 Å². The van der Waals surface area contributed by atoms with E-state index in [1.807, 2.05) is 37.5 Å². The maximum atomic E-state index is 14.5. The summed E-state index contributed by atoms with van der Waals surface area (Å²) in [6.07, 6.45) is 14.8. The van der Waals surface area contributed by atoms with E-state index < -0.39 is 12.5 Å². The average molecular weight is 836 g/mol. The minimum absolute atomic E-state index is 0.0550. The summed E-state index contributed by atoms with van der Waals surface area (Å²) in [5.74, 6) is 1.81. The number of hydrazine groups is 1. The third-order valence-electron chi connectivity index (χ3n) is 14.1. The van der Waals surface area contributed by atoms with Gasteiger partial charge in [-0.3, -0.25) is 34.0 Å². The lowest BCUT2D eigenvalue weighted by Crippen LogP contribution is -2.43. The van der Waals surface area contributed by atoms with Crippen LogP contribution < -0.4 is 10.3 Å². The van der Waals surface area contributed by atoms with Gasteiger partial charge in [0, 0.05) is 49.4 Å². The number of nitrogens with one attached hydrogen (secondary N) is 1. The number of amides is 2. The zero-order chi connectivity index (χ0) is 42.2. The Kier molecular flexibility index (Phi) is 9.48. The Labute approximate surface area is 354 Å². The molecule has 15 nitrogen and oxygen atoms in total. The lowest BCUT2D eigenvalue weighted by molar-refractivity contribution is -0.135. The smallest absolute Gasteiger partial charge is 0.284 e. The van der Waals surface area contributed by atoms with Crippen molar-refractivity contribution in [2.45, 2.75) is 102 Å². The Morgan fingerprint density at radius 3 is 2.61 bits per heavy atom. The molecule has 1 aliphatic carbocycles. The molecule has 2 bridgehead atoms. The van der Waals surface area contributed by atoms with E-state index in [0.717, 1.165) is 111 Å². The van der Waals surface area contributed by atoms with E-state index in [-0.39, 0.29) is 42.2 Å². The lowest BCUT2D eigenvalue weighted by Gasteiger charge is -2.36. The number of alkyl halides is 2. The predicted molar refractivity (Wildman–Crippen MR) is 223 cm³/mol. The van der Waals surface area contributed by atoms with Crippen molar-refractivity contribution in [3.63, 3.8) is 0 Å². The summed E-state index contributed by atoms with van der Waals surface area (Å²) >= 11 is 0. The fourth-order valence-electron chi connectivity index (χ4n) is 10.9. The van der Waals surface area contributed by atoms with E-state index in [1.54, 1.807) is 25.6 Å². The largest absolute Gasteiger partial charge is 0.374 e. The number of carbonyl (C=O) groups is 2. The number of anilines is 1. The van der Waals surface area contributed by atoms with Gasteiger partial charge >= 0.3 is 0 Å². The molecular weight excluding hydrogens is 783 g/mol. The summed E-state index contributed by atoms with van der Waals surface area (Å²) in [6.45, 7) is 7.58. The first-order valence-electron chi connectivity index (χ1n) is 22.5. The highest BCUT2D eigenvalue weighted by Crippen LogP contribution is 2.40. The summed E-state index contributed by atoms with van der Waals surface area (Å²) < 4.78 is 49.2. The number of aliphatic imine (C=N–C) groups is 1. The van der Waals surface area contributed by atoms with Gasteiger partial charge in [-0.05, 0) is 107 Å². The molecule has 0 spiro atoms. The van der Waals surface area contributed by atoms with Crippen molar-refractivity contribution < 1.29 is 24.5 Å². The van der Waals surface area contributed by atoms with Gasteiger partial charge < -0.3 is 14.5 Å². The number of piperidine rings is 2. The number of amidine groups is 1. The van der Waals surface area contributed by atoms with Crippen LogP contribution in [0.25, 0.3) is 22.0 Å². The number of imide groups is 1. The third kappa shape index (κ3) is 7.12.